The summed E-state index contributed by atoms with van der Waals surface area (Å²) in [4.78, 5) is 2.29. The van der Waals surface area contributed by atoms with Crippen LogP contribution in [0.3, 0.4) is 0 Å². The van der Waals surface area contributed by atoms with E-state index in [1.54, 1.807) is 13.2 Å². The molecule has 1 atom stereocenters. The quantitative estimate of drug-likeness (QED) is 0.771. The molecular weight excluding hydrogens is 243 g/mol. The molecule has 1 aromatic rings. The van der Waals surface area contributed by atoms with Gasteiger partial charge in [-0.2, -0.15) is 0 Å². The molecule has 3 nitrogen and oxygen atoms in total. The Morgan fingerprint density at radius 2 is 2.21 bits per heavy atom. The van der Waals surface area contributed by atoms with E-state index in [2.05, 4.69) is 11.8 Å². The third-order valence-electron chi connectivity index (χ3n) is 3.94. The van der Waals surface area contributed by atoms with Crippen LogP contribution < -0.4 is 5.73 Å². The molecule has 4 heteroatoms. The van der Waals surface area contributed by atoms with Crippen LogP contribution in [0.4, 0.5) is 10.1 Å². The number of rotatable bonds is 7. The lowest BCUT2D eigenvalue weighted by atomic mass is 10.1. The van der Waals surface area contributed by atoms with Crippen LogP contribution in [0.1, 0.15) is 25.3 Å². The molecule has 0 saturated heterocycles. The zero-order valence-electron chi connectivity index (χ0n) is 11.7. The van der Waals surface area contributed by atoms with E-state index in [9.17, 15) is 4.39 Å². The van der Waals surface area contributed by atoms with E-state index in [1.807, 2.05) is 12.1 Å². The summed E-state index contributed by atoms with van der Waals surface area (Å²) in [5.74, 6) is 0.467. The summed E-state index contributed by atoms with van der Waals surface area (Å²) in [6.45, 7) is 4.30. The van der Waals surface area contributed by atoms with Crippen molar-refractivity contribution in [1.82, 2.24) is 4.90 Å². The largest absolute Gasteiger partial charge is 0.396 e. The predicted octanol–water partition coefficient (Wildman–Crippen LogP) is 2.65. The molecule has 1 unspecified atom stereocenters. The second-order valence-electron chi connectivity index (χ2n) is 5.36. The molecular formula is C15H23FN2O. The summed E-state index contributed by atoms with van der Waals surface area (Å²) in [5.41, 5.74) is 6.52. The van der Waals surface area contributed by atoms with Crippen LogP contribution in [0.15, 0.2) is 18.2 Å². The molecule has 106 valence electrons. The van der Waals surface area contributed by atoms with Crippen molar-refractivity contribution in [2.75, 3.05) is 26.0 Å². The van der Waals surface area contributed by atoms with E-state index in [-0.39, 0.29) is 11.5 Å². The van der Waals surface area contributed by atoms with Gasteiger partial charge in [0.1, 0.15) is 0 Å². The molecule has 19 heavy (non-hydrogen) atoms. The van der Waals surface area contributed by atoms with Gasteiger partial charge >= 0.3 is 0 Å². The molecule has 2 N–H and O–H groups in total. The van der Waals surface area contributed by atoms with Gasteiger partial charge in [0.25, 0.3) is 0 Å². The van der Waals surface area contributed by atoms with Gasteiger partial charge in [-0.15, -0.1) is 0 Å². The molecule has 1 aliphatic rings. The Hall–Kier alpha value is -1.13. The summed E-state index contributed by atoms with van der Waals surface area (Å²) < 4.78 is 19.1. The zero-order valence-corrected chi connectivity index (χ0v) is 11.7. The van der Waals surface area contributed by atoms with E-state index in [1.165, 1.54) is 12.8 Å². The first-order chi connectivity index (χ1) is 9.13. The normalized spacial score (nSPS) is 16.8. The SMILES string of the molecule is COCCN(Cc1cccc(N)c1F)C(C)C1CC1. The summed E-state index contributed by atoms with van der Waals surface area (Å²) in [6.07, 6.45) is 2.56. The first kappa shape index (κ1) is 14.3. The highest BCUT2D eigenvalue weighted by molar-refractivity contribution is 5.42. The molecule has 0 amide bonds. The number of hydrogen-bond donors (Lipinski definition) is 1. The van der Waals surface area contributed by atoms with Gasteiger partial charge in [0.05, 0.1) is 12.3 Å². The van der Waals surface area contributed by atoms with Crippen LogP contribution in [-0.2, 0) is 11.3 Å². The standard InChI is InChI=1S/C15H23FN2O/c1-11(12-6-7-12)18(8-9-19-2)10-13-4-3-5-14(17)15(13)16/h3-5,11-12H,6-10,17H2,1-2H3. The van der Waals surface area contributed by atoms with Crippen LogP contribution in [-0.4, -0.2) is 31.2 Å². The molecule has 0 radical (unpaired) electrons. The fourth-order valence-electron chi connectivity index (χ4n) is 2.45. The van der Waals surface area contributed by atoms with Crippen molar-refractivity contribution in [3.05, 3.63) is 29.6 Å². The van der Waals surface area contributed by atoms with E-state index in [0.717, 1.165) is 12.5 Å². The number of nitrogens with two attached hydrogens (primary N) is 1. The average Bonchev–Trinajstić information content (AvgIpc) is 3.23. The second kappa shape index (κ2) is 6.35. The number of halogens is 1. The van der Waals surface area contributed by atoms with Gasteiger partial charge in [-0.05, 0) is 31.7 Å². The molecule has 0 aliphatic heterocycles. The first-order valence-electron chi connectivity index (χ1n) is 6.89. The number of benzene rings is 1. The van der Waals surface area contributed by atoms with Crippen molar-refractivity contribution in [3.63, 3.8) is 0 Å². The third-order valence-corrected chi connectivity index (χ3v) is 3.94. The molecule has 0 bridgehead atoms. The average molecular weight is 266 g/mol. The molecule has 1 fully saturated rings. The Morgan fingerprint density at radius 1 is 1.47 bits per heavy atom. The van der Waals surface area contributed by atoms with Crippen molar-refractivity contribution in [2.24, 2.45) is 5.92 Å². The Balaban J connectivity index is 2.07. The molecule has 1 aromatic carbocycles. The summed E-state index contributed by atoms with van der Waals surface area (Å²) in [6, 6.07) is 5.69. The maximum Gasteiger partial charge on any atom is 0.150 e. The maximum atomic E-state index is 14.0. The van der Waals surface area contributed by atoms with Crippen molar-refractivity contribution in [2.45, 2.75) is 32.4 Å². The summed E-state index contributed by atoms with van der Waals surface area (Å²) in [7, 11) is 1.70. The maximum absolute atomic E-state index is 14.0. The fraction of sp³-hybridized carbons (Fsp3) is 0.600. The van der Waals surface area contributed by atoms with E-state index in [4.69, 9.17) is 10.5 Å². The van der Waals surface area contributed by atoms with E-state index >= 15 is 0 Å². The summed E-state index contributed by atoms with van der Waals surface area (Å²) >= 11 is 0. The number of nitrogens with zero attached hydrogens (tertiary/aromatic N) is 1. The highest BCUT2D eigenvalue weighted by Gasteiger charge is 2.32. The Kier molecular flexibility index (Phi) is 4.77. The molecule has 1 aliphatic carbocycles. The van der Waals surface area contributed by atoms with Gasteiger partial charge in [0.2, 0.25) is 0 Å². The fourth-order valence-corrected chi connectivity index (χ4v) is 2.45. The minimum absolute atomic E-state index is 0.225. The monoisotopic (exact) mass is 266 g/mol. The number of ether oxygens (including phenoxy) is 1. The molecule has 0 aromatic heterocycles. The molecule has 0 heterocycles. The van der Waals surface area contributed by atoms with Gasteiger partial charge in [-0.25, -0.2) is 4.39 Å². The smallest absolute Gasteiger partial charge is 0.150 e. The number of hydrogen-bond acceptors (Lipinski definition) is 3. The second-order valence-corrected chi connectivity index (χ2v) is 5.36. The Labute approximate surface area is 114 Å². The summed E-state index contributed by atoms with van der Waals surface area (Å²) in [5, 5.41) is 0. The topological polar surface area (TPSA) is 38.5 Å². The Morgan fingerprint density at radius 3 is 2.84 bits per heavy atom. The Bertz CT molecular complexity index is 421. The minimum Gasteiger partial charge on any atom is -0.396 e. The lowest BCUT2D eigenvalue weighted by Gasteiger charge is -2.29. The van der Waals surface area contributed by atoms with Crippen LogP contribution >= 0.6 is 0 Å². The highest BCUT2D eigenvalue weighted by Crippen LogP contribution is 2.35. The highest BCUT2D eigenvalue weighted by atomic mass is 19.1. The lowest BCUT2D eigenvalue weighted by molar-refractivity contribution is 0.111. The van der Waals surface area contributed by atoms with Crippen molar-refractivity contribution in [3.8, 4) is 0 Å². The number of anilines is 1. The van der Waals surface area contributed by atoms with E-state index in [0.29, 0.717) is 24.8 Å². The molecule has 1 saturated carbocycles. The zero-order chi connectivity index (χ0) is 13.8. The van der Waals surface area contributed by atoms with Gasteiger partial charge in [0.15, 0.2) is 5.82 Å². The number of methoxy groups -OCH3 is 1. The van der Waals surface area contributed by atoms with Crippen molar-refractivity contribution < 1.29 is 9.13 Å². The molecule has 0 spiro atoms. The lowest BCUT2D eigenvalue weighted by Crippen LogP contribution is -2.36. The van der Waals surface area contributed by atoms with Crippen LogP contribution in [0.5, 0.6) is 0 Å². The van der Waals surface area contributed by atoms with Crippen molar-refractivity contribution in [1.29, 1.82) is 0 Å². The van der Waals surface area contributed by atoms with Crippen LogP contribution in [0.25, 0.3) is 0 Å². The van der Waals surface area contributed by atoms with E-state index < -0.39 is 0 Å². The number of nitrogen functional groups attached to an aromatic ring is 1. The van der Waals surface area contributed by atoms with Gasteiger partial charge in [0, 0.05) is 31.8 Å². The van der Waals surface area contributed by atoms with Gasteiger partial charge in [-0.1, -0.05) is 12.1 Å². The van der Waals surface area contributed by atoms with Crippen LogP contribution in [0, 0.1) is 11.7 Å². The predicted molar refractivity (Wildman–Crippen MR) is 75.3 cm³/mol. The third kappa shape index (κ3) is 3.67. The van der Waals surface area contributed by atoms with Gasteiger partial charge < -0.3 is 10.5 Å². The van der Waals surface area contributed by atoms with Crippen molar-refractivity contribution >= 4 is 5.69 Å². The van der Waals surface area contributed by atoms with Gasteiger partial charge in [-0.3, -0.25) is 4.90 Å². The first-order valence-corrected chi connectivity index (χ1v) is 6.89. The molecule has 2 rings (SSSR count). The van der Waals surface area contributed by atoms with Crippen LogP contribution in [0.2, 0.25) is 0 Å². The minimum atomic E-state index is -0.284.